The first-order valence-electron chi connectivity index (χ1n) is 9.60. The number of aromatic nitrogens is 3. The third kappa shape index (κ3) is 3.97. The van der Waals surface area contributed by atoms with Crippen molar-refractivity contribution in [1.82, 2.24) is 14.7 Å². The average molecular weight is 420 g/mol. The van der Waals surface area contributed by atoms with Crippen LogP contribution in [-0.2, 0) is 11.3 Å². The Morgan fingerprint density at radius 1 is 1.06 bits per heavy atom. The van der Waals surface area contributed by atoms with Crippen LogP contribution in [0.15, 0.2) is 65.3 Å². The van der Waals surface area contributed by atoms with E-state index in [1.54, 1.807) is 53.2 Å². The Balaban J connectivity index is 1.30. The maximum atomic E-state index is 13.1. The molecule has 0 radical (unpaired) electrons. The Morgan fingerprint density at radius 2 is 1.87 bits per heavy atom. The second kappa shape index (κ2) is 7.94. The molecule has 2 aromatic carbocycles. The van der Waals surface area contributed by atoms with E-state index >= 15 is 0 Å². The fourth-order valence-electron chi connectivity index (χ4n) is 3.27. The summed E-state index contributed by atoms with van der Waals surface area (Å²) in [5, 5.41) is 6.80. The van der Waals surface area contributed by atoms with Gasteiger partial charge in [0, 0.05) is 23.5 Å². The smallest absolute Gasteiger partial charge is 0.274 e. The van der Waals surface area contributed by atoms with E-state index in [4.69, 9.17) is 14.0 Å². The molecule has 1 N–H and O–H groups in total. The van der Waals surface area contributed by atoms with Crippen molar-refractivity contribution in [2.24, 2.45) is 0 Å². The first kappa shape index (κ1) is 18.9. The van der Waals surface area contributed by atoms with Gasteiger partial charge in [-0.15, -0.1) is 0 Å². The normalized spacial score (nSPS) is 12.5. The highest BCUT2D eigenvalue weighted by Crippen LogP contribution is 2.32. The number of rotatable bonds is 5. The van der Waals surface area contributed by atoms with Gasteiger partial charge in [-0.3, -0.25) is 4.79 Å². The van der Waals surface area contributed by atoms with Crippen molar-refractivity contribution in [1.29, 1.82) is 0 Å². The molecule has 5 rings (SSSR count). The van der Waals surface area contributed by atoms with Gasteiger partial charge in [0.15, 0.2) is 11.5 Å². The van der Waals surface area contributed by atoms with Crippen LogP contribution in [0, 0.1) is 5.82 Å². The van der Waals surface area contributed by atoms with Crippen LogP contribution in [-0.4, -0.2) is 33.8 Å². The predicted molar refractivity (Wildman–Crippen MR) is 109 cm³/mol. The zero-order chi connectivity index (χ0) is 21.2. The molecule has 0 aliphatic carbocycles. The third-order valence-electron chi connectivity index (χ3n) is 4.72. The Kier molecular flexibility index (Phi) is 4.83. The molecule has 8 nitrogen and oxygen atoms in total. The molecule has 0 atom stereocenters. The highest BCUT2D eigenvalue weighted by atomic mass is 19.1. The first-order valence-corrected chi connectivity index (χ1v) is 9.60. The number of carbonyl (C=O) groups is 1. The van der Waals surface area contributed by atoms with Crippen LogP contribution >= 0.6 is 0 Å². The van der Waals surface area contributed by atoms with Gasteiger partial charge in [0.1, 0.15) is 31.3 Å². The molecule has 1 aliphatic heterocycles. The zero-order valence-electron chi connectivity index (χ0n) is 16.2. The molecule has 0 saturated heterocycles. The molecule has 31 heavy (non-hydrogen) atoms. The SMILES string of the molecule is O=C(Cn1cccc1-c1nc(-c2ccc(F)cc2)no1)Nc1ccc2c(c1)OCCO2. The van der Waals surface area contributed by atoms with Gasteiger partial charge in [-0.05, 0) is 48.5 Å². The highest BCUT2D eigenvalue weighted by Gasteiger charge is 2.17. The first-order chi connectivity index (χ1) is 15.2. The van der Waals surface area contributed by atoms with E-state index in [0.29, 0.717) is 47.5 Å². The summed E-state index contributed by atoms with van der Waals surface area (Å²) < 4.78 is 31.2. The molecule has 3 heterocycles. The number of anilines is 1. The standard InChI is InChI=1S/C22H17FN4O4/c23-15-5-3-14(4-6-15)21-25-22(31-26-21)17-2-1-9-27(17)13-20(28)24-16-7-8-18-19(12-16)30-11-10-29-18/h1-9,12H,10-11,13H2,(H,24,28). The maximum absolute atomic E-state index is 13.1. The molecule has 2 aromatic heterocycles. The van der Waals surface area contributed by atoms with Crippen molar-refractivity contribution in [2.45, 2.75) is 6.54 Å². The van der Waals surface area contributed by atoms with Crippen molar-refractivity contribution in [3.63, 3.8) is 0 Å². The molecule has 0 bridgehead atoms. The Morgan fingerprint density at radius 3 is 2.71 bits per heavy atom. The number of fused-ring (bicyclic) bond motifs is 1. The molecule has 156 valence electrons. The second-order valence-electron chi connectivity index (χ2n) is 6.86. The van der Waals surface area contributed by atoms with Crippen molar-refractivity contribution >= 4 is 11.6 Å². The number of hydrogen-bond donors (Lipinski definition) is 1. The van der Waals surface area contributed by atoms with Crippen LogP contribution in [0.25, 0.3) is 23.0 Å². The third-order valence-corrected chi connectivity index (χ3v) is 4.72. The van der Waals surface area contributed by atoms with Gasteiger partial charge >= 0.3 is 0 Å². The van der Waals surface area contributed by atoms with Gasteiger partial charge in [0.05, 0.1) is 0 Å². The minimum absolute atomic E-state index is 0.0467. The topological polar surface area (TPSA) is 91.4 Å². The van der Waals surface area contributed by atoms with Crippen molar-refractivity contribution < 1.29 is 23.2 Å². The van der Waals surface area contributed by atoms with E-state index < -0.39 is 0 Å². The van der Waals surface area contributed by atoms with E-state index in [2.05, 4.69) is 15.5 Å². The number of nitrogens with one attached hydrogen (secondary N) is 1. The average Bonchev–Trinajstić information content (AvgIpc) is 3.43. The highest BCUT2D eigenvalue weighted by molar-refractivity contribution is 5.91. The molecule has 0 unspecified atom stereocenters. The lowest BCUT2D eigenvalue weighted by atomic mass is 10.2. The molecule has 1 aliphatic rings. The Labute approximate surface area is 176 Å². The monoisotopic (exact) mass is 420 g/mol. The lowest BCUT2D eigenvalue weighted by molar-refractivity contribution is -0.116. The summed E-state index contributed by atoms with van der Waals surface area (Å²) >= 11 is 0. The second-order valence-corrected chi connectivity index (χ2v) is 6.86. The van der Waals surface area contributed by atoms with Gasteiger partial charge in [-0.2, -0.15) is 4.98 Å². The van der Waals surface area contributed by atoms with Gasteiger partial charge in [0.2, 0.25) is 11.7 Å². The van der Waals surface area contributed by atoms with Crippen molar-refractivity contribution in [3.05, 3.63) is 66.6 Å². The van der Waals surface area contributed by atoms with Crippen LogP contribution in [0.2, 0.25) is 0 Å². The molecule has 0 spiro atoms. The number of hydrogen-bond acceptors (Lipinski definition) is 6. The molecule has 0 fully saturated rings. The molecule has 1 amide bonds. The van der Waals surface area contributed by atoms with E-state index in [1.165, 1.54) is 12.1 Å². The zero-order valence-corrected chi connectivity index (χ0v) is 16.2. The number of nitrogens with zero attached hydrogens (tertiary/aromatic N) is 3. The minimum Gasteiger partial charge on any atom is -0.486 e. The lowest BCUT2D eigenvalue weighted by Crippen LogP contribution is -2.19. The maximum Gasteiger partial charge on any atom is 0.274 e. The Bertz CT molecular complexity index is 1230. The number of halogens is 1. The number of amides is 1. The molecular weight excluding hydrogens is 403 g/mol. The predicted octanol–water partition coefficient (Wildman–Crippen LogP) is 3.75. The number of benzene rings is 2. The molecule has 9 heteroatoms. The summed E-state index contributed by atoms with van der Waals surface area (Å²) in [7, 11) is 0. The fourth-order valence-corrected chi connectivity index (χ4v) is 3.27. The van der Waals surface area contributed by atoms with Gasteiger partial charge < -0.3 is 23.9 Å². The summed E-state index contributed by atoms with van der Waals surface area (Å²) in [6.45, 7) is 1.03. The van der Waals surface area contributed by atoms with Crippen LogP contribution in [0.1, 0.15) is 0 Å². The summed E-state index contributed by atoms with van der Waals surface area (Å²) in [6.07, 6.45) is 1.75. The van der Waals surface area contributed by atoms with Gasteiger partial charge in [-0.1, -0.05) is 5.16 Å². The number of ether oxygens (including phenoxy) is 2. The van der Waals surface area contributed by atoms with Crippen LogP contribution < -0.4 is 14.8 Å². The van der Waals surface area contributed by atoms with Crippen LogP contribution in [0.5, 0.6) is 11.5 Å². The number of carbonyl (C=O) groups excluding carboxylic acids is 1. The summed E-state index contributed by atoms with van der Waals surface area (Å²) in [6, 6.07) is 14.6. The van der Waals surface area contributed by atoms with E-state index in [-0.39, 0.29) is 24.2 Å². The fraction of sp³-hybridized carbons (Fsp3) is 0.136. The van der Waals surface area contributed by atoms with E-state index in [1.807, 2.05) is 0 Å². The van der Waals surface area contributed by atoms with Gasteiger partial charge in [0.25, 0.3) is 5.89 Å². The largest absolute Gasteiger partial charge is 0.486 e. The molecular formula is C22H17FN4O4. The summed E-state index contributed by atoms with van der Waals surface area (Å²) in [5.74, 6) is 1.29. The lowest BCUT2D eigenvalue weighted by Gasteiger charge is -2.19. The van der Waals surface area contributed by atoms with E-state index in [0.717, 1.165) is 0 Å². The van der Waals surface area contributed by atoms with Crippen LogP contribution in [0.4, 0.5) is 10.1 Å². The minimum atomic E-state index is -0.342. The summed E-state index contributed by atoms with van der Waals surface area (Å²) in [5.41, 5.74) is 1.84. The quantitative estimate of drug-likeness (QED) is 0.529. The van der Waals surface area contributed by atoms with Crippen LogP contribution in [0.3, 0.4) is 0 Å². The molecule has 0 saturated carbocycles. The van der Waals surface area contributed by atoms with Crippen molar-refractivity contribution in [3.8, 4) is 34.5 Å². The summed E-state index contributed by atoms with van der Waals surface area (Å²) in [4.78, 5) is 17.0. The molecule has 4 aromatic rings. The van der Waals surface area contributed by atoms with E-state index in [9.17, 15) is 9.18 Å². The Hall–Kier alpha value is -4.14. The van der Waals surface area contributed by atoms with Gasteiger partial charge in [-0.25, -0.2) is 4.39 Å². The van der Waals surface area contributed by atoms with Crippen molar-refractivity contribution in [2.75, 3.05) is 18.5 Å².